The molecular formula is C10H17N3S. The summed E-state index contributed by atoms with van der Waals surface area (Å²) in [5.41, 5.74) is 0. The van der Waals surface area contributed by atoms with Crippen molar-refractivity contribution in [2.45, 2.75) is 31.8 Å². The molecule has 1 atom stereocenters. The van der Waals surface area contributed by atoms with Crippen molar-refractivity contribution >= 4 is 11.3 Å². The SMILES string of the molecule is c1csc(CNC2CCCNCC2)n1. The Morgan fingerprint density at radius 1 is 1.50 bits per heavy atom. The van der Waals surface area contributed by atoms with E-state index < -0.39 is 0 Å². The largest absolute Gasteiger partial charge is 0.317 e. The molecule has 2 N–H and O–H groups in total. The monoisotopic (exact) mass is 211 g/mol. The lowest BCUT2D eigenvalue weighted by Gasteiger charge is -2.14. The topological polar surface area (TPSA) is 37.0 Å². The van der Waals surface area contributed by atoms with Crippen LogP contribution in [0.5, 0.6) is 0 Å². The molecule has 1 aromatic heterocycles. The molecule has 0 amide bonds. The van der Waals surface area contributed by atoms with Gasteiger partial charge >= 0.3 is 0 Å². The van der Waals surface area contributed by atoms with Crippen LogP contribution in [0.3, 0.4) is 0 Å². The number of nitrogens with zero attached hydrogens (tertiary/aromatic N) is 1. The lowest BCUT2D eigenvalue weighted by atomic mass is 10.1. The third kappa shape index (κ3) is 3.04. The summed E-state index contributed by atoms with van der Waals surface area (Å²) in [6.07, 6.45) is 5.69. The second kappa shape index (κ2) is 5.44. The van der Waals surface area contributed by atoms with Gasteiger partial charge in [0.1, 0.15) is 5.01 Å². The third-order valence-corrected chi connectivity index (χ3v) is 3.38. The predicted molar refractivity (Wildman–Crippen MR) is 59.5 cm³/mol. The second-order valence-electron chi connectivity index (χ2n) is 3.68. The quantitative estimate of drug-likeness (QED) is 0.793. The number of nitrogens with one attached hydrogen (secondary N) is 2. The minimum atomic E-state index is 0.675. The number of aromatic nitrogens is 1. The van der Waals surface area contributed by atoms with E-state index in [-0.39, 0.29) is 0 Å². The molecule has 0 aromatic carbocycles. The van der Waals surface area contributed by atoms with Crippen LogP contribution in [0.1, 0.15) is 24.3 Å². The van der Waals surface area contributed by atoms with Crippen molar-refractivity contribution in [3.8, 4) is 0 Å². The highest BCUT2D eigenvalue weighted by molar-refractivity contribution is 7.09. The Hall–Kier alpha value is -0.450. The summed E-state index contributed by atoms with van der Waals surface area (Å²) in [5.74, 6) is 0. The molecule has 0 aliphatic carbocycles. The Bertz CT molecular complexity index is 240. The van der Waals surface area contributed by atoms with Crippen molar-refractivity contribution in [3.05, 3.63) is 16.6 Å². The Morgan fingerprint density at radius 2 is 2.50 bits per heavy atom. The minimum Gasteiger partial charge on any atom is -0.317 e. The Balaban J connectivity index is 1.73. The van der Waals surface area contributed by atoms with E-state index in [0.717, 1.165) is 13.1 Å². The molecule has 78 valence electrons. The van der Waals surface area contributed by atoms with E-state index in [1.807, 2.05) is 11.6 Å². The van der Waals surface area contributed by atoms with Crippen LogP contribution in [0.4, 0.5) is 0 Å². The van der Waals surface area contributed by atoms with Crippen LogP contribution in [0, 0.1) is 0 Å². The zero-order chi connectivity index (χ0) is 9.64. The molecule has 1 saturated heterocycles. The van der Waals surface area contributed by atoms with E-state index in [1.165, 1.54) is 30.8 Å². The third-order valence-electron chi connectivity index (χ3n) is 2.60. The molecule has 14 heavy (non-hydrogen) atoms. The molecule has 1 aliphatic rings. The summed E-state index contributed by atoms with van der Waals surface area (Å²) in [4.78, 5) is 4.26. The average Bonchev–Trinajstić information content (AvgIpc) is 2.58. The maximum Gasteiger partial charge on any atom is 0.106 e. The predicted octanol–water partition coefficient (Wildman–Crippen LogP) is 1.37. The Kier molecular flexibility index (Phi) is 3.91. The zero-order valence-corrected chi connectivity index (χ0v) is 9.15. The van der Waals surface area contributed by atoms with Gasteiger partial charge in [0.15, 0.2) is 0 Å². The minimum absolute atomic E-state index is 0.675. The molecule has 1 fully saturated rings. The van der Waals surface area contributed by atoms with Crippen LogP contribution in [-0.2, 0) is 6.54 Å². The van der Waals surface area contributed by atoms with Gasteiger partial charge < -0.3 is 10.6 Å². The van der Waals surface area contributed by atoms with E-state index in [2.05, 4.69) is 15.6 Å². The van der Waals surface area contributed by atoms with Crippen molar-refractivity contribution in [2.24, 2.45) is 0 Å². The lowest BCUT2D eigenvalue weighted by Crippen LogP contribution is -2.29. The van der Waals surface area contributed by atoms with Crippen molar-refractivity contribution in [2.75, 3.05) is 13.1 Å². The first-order chi connectivity index (χ1) is 6.95. The van der Waals surface area contributed by atoms with Crippen LogP contribution in [0.2, 0.25) is 0 Å². The number of hydrogen-bond donors (Lipinski definition) is 2. The fourth-order valence-electron chi connectivity index (χ4n) is 1.80. The molecule has 1 aromatic rings. The van der Waals surface area contributed by atoms with Gasteiger partial charge in [-0.05, 0) is 32.4 Å². The van der Waals surface area contributed by atoms with E-state index in [4.69, 9.17) is 0 Å². The van der Waals surface area contributed by atoms with Crippen LogP contribution in [-0.4, -0.2) is 24.1 Å². The maximum atomic E-state index is 4.26. The average molecular weight is 211 g/mol. The van der Waals surface area contributed by atoms with Gasteiger partial charge in [-0.1, -0.05) is 0 Å². The molecule has 3 nitrogen and oxygen atoms in total. The van der Waals surface area contributed by atoms with Crippen LogP contribution in [0.25, 0.3) is 0 Å². The summed E-state index contributed by atoms with van der Waals surface area (Å²) < 4.78 is 0. The van der Waals surface area contributed by atoms with Gasteiger partial charge in [-0.2, -0.15) is 0 Å². The smallest absolute Gasteiger partial charge is 0.106 e. The Morgan fingerprint density at radius 3 is 3.36 bits per heavy atom. The summed E-state index contributed by atoms with van der Waals surface area (Å²) >= 11 is 1.73. The van der Waals surface area contributed by atoms with Crippen molar-refractivity contribution in [1.29, 1.82) is 0 Å². The number of rotatable bonds is 3. The van der Waals surface area contributed by atoms with Crippen molar-refractivity contribution in [3.63, 3.8) is 0 Å². The lowest BCUT2D eigenvalue weighted by molar-refractivity contribution is 0.468. The molecule has 2 heterocycles. The van der Waals surface area contributed by atoms with Crippen molar-refractivity contribution < 1.29 is 0 Å². The van der Waals surface area contributed by atoms with Crippen LogP contribution >= 0.6 is 11.3 Å². The van der Waals surface area contributed by atoms with Gasteiger partial charge in [-0.3, -0.25) is 0 Å². The standard InChI is InChI=1S/C10H17N3S/c1-2-9(3-5-11-4-1)13-8-10-12-6-7-14-10/h6-7,9,11,13H,1-5,8H2. The van der Waals surface area contributed by atoms with Crippen molar-refractivity contribution in [1.82, 2.24) is 15.6 Å². The molecule has 2 rings (SSSR count). The molecule has 0 spiro atoms. The first-order valence-electron chi connectivity index (χ1n) is 5.27. The fraction of sp³-hybridized carbons (Fsp3) is 0.700. The summed E-state index contributed by atoms with van der Waals surface area (Å²) in [6.45, 7) is 3.26. The molecule has 0 radical (unpaired) electrons. The van der Waals surface area contributed by atoms with E-state index >= 15 is 0 Å². The first-order valence-corrected chi connectivity index (χ1v) is 6.15. The summed E-state index contributed by atoms with van der Waals surface area (Å²) in [7, 11) is 0. The van der Waals surface area contributed by atoms with Gasteiger partial charge in [0.25, 0.3) is 0 Å². The second-order valence-corrected chi connectivity index (χ2v) is 4.66. The molecular weight excluding hydrogens is 194 g/mol. The highest BCUT2D eigenvalue weighted by Crippen LogP contribution is 2.08. The van der Waals surface area contributed by atoms with Gasteiger partial charge in [0.05, 0.1) is 0 Å². The normalized spacial score (nSPS) is 23.3. The molecule has 0 saturated carbocycles. The first kappa shape index (κ1) is 10.1. The number of hydrogen-bond acceptors (Lipinski definition) is 4. The zero-order valence-electron chi connectivity index (χ0n) is 8.33. The van der Waals surface area contributed by atoms with Gasteiger partial charge in [-0.15, -0.1) is 11.3 Å². The fourth-order valence-corrected chi connectivity index (χ4v) is 2.36. The van der Waals surface area contributed by atoms with Crippen LogP contribution in [0.15, 0.2) is 11.6 Å². The number of thiazole rings is 1. The van der Waals surface area contributed by atoms with Gasteiger partial charge in [0, 0.05) is 24.2 Å². The Labute approximate surface area is 88.9 Å². The van der Waals surface area contributed by atoms with E-state index in [9.17, 15) is 0 Å². The maximum absolute atomic E-state index is 4.26. The highest BCUT2D eigenvalue weighted by Gasteiger charge is 2.10. The van der Waals surface area contributed by atoms with E-state index in [0.29, 0.717) is 6.04 Å². The molecule has 1 aliphatic heterocycles. The summed E-state index contributed by atoms with van der Waals surface area (Å²) in [6, 6.07) is 0.675. The van der Waals surface area contributed by atoms with Crippen LogP contribution < -0.4 is 10.6 Å². The van der Waals surface area contributed by atoms with Gasteiger partial charge in [0.2, 0.25) is 0 Å². The van der Waals surface area contributed by atoms with E-state index in [1.54, 1.807) is 11.3 Å². The molecule has 1 unspecified atom stereocenters. The highest BCUT2D eigenvalue weighted by atomic mass is 32.1. The molecule has 0 bridgehead atoms. The van der Waals surface area contributed by atoms with Gasteiger partial charge in [-0.25, -0.2) is 4.98 Å². The summed E-state index contributed by atoms with van der Waals surface area (Å²) in [5, 5.41) is 10.2. The molecule has 4 heteroatoms.